The van der Waals surface area contributed by atoms with Crippen molar-refractivity contribution in [2.24, 2.45) is 0 Å². The van der Waals surface area contributed by atoms with Gasteiger partial charge in [0.15, 0.2) is 0 Å². The van der Waals surface area contributed by atoms with E-state index in [-0.39, 0.29) is 0 Å². The van der Waals surface area contributed by atoms with Crippen molar-refractivity contribution in [3.63, 3.8) is 0 Å². The Kier molecular flexibility index (Phi) is 8.49. The molecule has 0 fully saturated rings. The first-order valence-electron chi connectivity index (χ1n) is 6.52. The van der Waals surface area contributed by atoms with Gasteiger partial charge in [-0.25, -0.2) is 0 Å². The minimum absolute atomic E-state index is 1.08. The normalized spacial score (nSPS) is 12.5. The number of hydrogen-bond donors (Lipinski definition) is 0. The van der Waals surface area contributed by atoms with Crippen LogP contribution in [0, 0.1) is 0 Å². The monoisotopic (exact) mass is 232 g/mol. The molecule has 0 spiro atoms. The average molecular weight is 232 g/mol. The zero-order valence-electron chi connectivity index (χ0n) is 12.3. The van der Waals surface area contributed by atoms with Crippen LogP contribution in [0.4, 0.5) is 0 Å². The van der Waals surface area contributed by atoms with Gasteiger partial charge in [-0.3, -0.25) is 0 Å². The van der Waals surface area contributed by atoms with E-state index in [4.69, 9.17) is 0 Å². The van der Waals surface area contributed by atoms with Crippen molar-refractivity contribution < 1.29 is 0 Å². The molecule has 0 aromatic rings. The molecule has 0 aromatic carbocycles. The summed E-state index contributed by atoms with van der Waals surface area (Å²) < 4.78 is 0. The summed E-state index contributed by atoms with van der Waals surface area (Å²) in [4.78, 5) is 0. The molecule has 0 radical (unpaired) electrons. The highest BCUT2D eigenvalue weighted by atomic mass is 14.0. The summed E-state index contributed by atoms with van der Waals surface area (Å²) in [5.41, 5.74) is 5.87. The molecule has 0 aliphatic carbocycles. The molecule has 0 nitrogen and oxygen atoms in total. The van der Waals surface area contributed by atoms with E-state index < -0.39 is 0 Å². The summed E-state index contributed by atoms with van der Waals surface area (Å²) in [6, 6.07) is 0. The maximum atomic E-state index is 3.73. The number of allylic oxidation sites excluding steroid dienone is 7. The summed E-state index contributed by atoms with van der Waals surface area (Å²) in [6.07, 6.45) is 11.0. The molecular formula is C17H28. The van der Waals surface area contributed by atoms with Gasteiger partial charge in [0.25, 0.3) is 0 Å². The Morgan fingerprint density at radius 2 is 1.53 bits per heavy atom. The summed E-state index contributed by atoms with van der Waals surface area (Å²) in [7, 11) is 0. The predicted octanol–water partition coefficient (Wildman–Crippen LogP) is 5.98. The van der Waals surface area contributed by atoms with Crippen molar-refractivity contribution in [3.05, 3.63) is 47.1 Å². The van der Waals surface area contributed by atoms with Crippen molar-refractivity contribution in [1.82, 2.24) is 0 Å². The Morgan fingerprint density at radius 1 is 0.882 bits per heavy atom. The molecule has 96 valence electrons. The molecule has 0 aromatic heterocycles. The second-order valence-corrected chi connectivity index (χ2v) is 5.13. The first-order valence-corrected chi connectivity index (χ1v) is 6.52. The van der Waals surface area contributed by atoms with Gasteiger partial charge in [0.2, 0.25) is 0 Å². The fourth-order valence-electron chi connectivity index (χ4n) is 1.53. The third-order valence-electron chi connectivity index (χ3n) is 3.03. The molecule has 0 bridgehead atoms. The van der Waals surface area contributed by atoms with Gasteiger partial charge in [0, 0.05) is 0 Å². The molecule has 0 N–H and O–H groups in total. The van der Waals surface area contributed by atoms with Gasteiger partial charge in [0.1, 0.15) is 0 Å². The van der Waals surface area contributed by atoms with Crippen molar-refractivity contribution in [2.45, 2.75) is 60.3 Å². The van der Waals surface area contributed by atoms with E-state index in [0.717, 1.165) is 25.7 Å². The molecule has 17 heavy (non-hydrogen) atoms. The second-order valence-electron chi connectivity index (χ2n) is 5.13. The SMILES string of the molecule is C=CCCC=C(C)CC=C(C)CC(C)=C(C)C. The average Bonchev–Trinajstić information content (AvgIpc) is 2.26. The third-order valence-corrected chi connectivity index (χ3v) is 3.03. The van der Waals surface area contributed by atoms with Gasteiger partial charge in [-0.2, -0.15) is 0 Å². The molecule has 0 heterocycles. The Bertz CT molecular complexity index is 320. The van der Waals surface area contributed by atoms with E-state index >= 15 is 0 Å². The molecule has 0 heteroatoms. The maximum absolute atomic E-state index is 3.73. The van der Waals surface area contributed by atoms with E-state index in [0.29, 0.717) is 0 Å². The standard InChI is InChI=1S/C17H28/c1-7-8-9-10-15(4)11-12-16(5)13-17(6)14(2)3/h7,10,12H,1,8-9,11,13H2,2-6H3. The molecule has 0 unspecified atom stereocenters. The first kappa shape index (κ1) is 16.0. The minimum atomic E-state index is 1.08. The number of unbranched alkanes of at least 4 members (excludes halogenated alkanes) is 1. The molecule has 0 atom stereocenters. The van der Waals surface area contributed by atoms with Gasteiger partial charge in [-0.1, -0.05) is 40.5 Å². The number of rotatable bonds is 7. The second kappa shape index (κ2) is 9.04. The summed E-state index contributed by atoms with van der Waals surface area (Å²) in [5, 5.41) is 0. The highest BCUT2D eigenvalue weighted by Crippen LogP contribution is 2.15. The van der Waals surface area contributed by atoms with Crippen molar-refractivity contribution in [3.8, 4) is 0 Å². The molecular weight excluding hydrogens is 204 g/mol. The van der Waals surface area contributed by atoms with Crippen LogP contribution in [0.2, 0.25) is 0 Å². The Balaban J connectivity index is 4.19. The third kappa shape index (κ3) is 8.74. The highest BCUT2D eigenvalue weighted by molar-refractivity contribution is 5.18. The van der Waals surface area contributed by atoms with Crippen LogP contribution >= 0.6 is 0 Å². The Labute approximate surface area is 108 Å². The molecule has 0 rings (SSSR count). The Hall–Kier alpha value is -1.04. The van der Waals surface area contributed by atoms with Gasteiger partial charge in [-0.15, -0.1) is 6.58 Å². The molecule has 0 saturated heterocycles. The van der Waals surface area contributed by atoms with E-state index in [9.17, 15) is 0 Å². The molecule has 0 saturated carbocycles. The van der Waals surface area contributed by atoms with Crippen molar-refractivity contribution >= 4 is 0 Å². The van der Waals surface area contributed by atoms with Gasteiger partial charge < -0.3 is 0 Å². The van der Waals surface area contributed by atoms with Crippen molar-refractivity contribution in [2.75, 3.05) is 0 Å². The number of hydrogen-bond acceptors (Lipinski definition) is 0. The van der Waals surface area contributed by atoms with Crippen LogP contribution in [0.5, 0.6) is 0 Å². The largest absolute Gasteiger partial charge is 0.103 e. The zero-order chi connectivity index (χ0) is 13.3. The van der Waals surface area contributed by atoms with Gasteiger partial charge >= 0.3 is 0 Å². The lowest BCUT2D eigenvalue weighted by Gasteiger charge is -2.05. The van der Waals surface area contributed by atoms with E-state index in [1.54, 1.807) is 0 Å². The lowest BCUT2D eigenvalue weighted by molar-refractivity contribution is 1.01. The van der Waals surface area contributed by atoms with Crippen LogP contribution in [0.15, 0.2) is 47.1 Å². The maximum Gasteiger partial charge on any atom is -0.0111 e. The van der Waals surface area contributed by atoms with Gasteiger partial charge in [-0.05, 0) is 60.3 Å². The van der Waals surface area contributed by atoms with Crippen LogP contribution in [0.3, 0.4) is 0 Å². The Morgan fingerprint density at radius 3 is 2.06 bits per heavy atom. The molecule has 0 aliphatic heterocycles. The molecule has 0 amide bonds. The first-order chi connectivity index (χ1) is 7.97. The van der Waals surface area contributed by atoms with Crippen LogP contribution in [0.25, 0.3) is 0 Å². The van der Waals surface area contributed by atoms with E-state index in [1.807, 2.05) is 6.08 Å². The predicted molar refractivity (Wildman–Crippen MR) is 80.2 cm³/mol. The smallest absolute Gasteiger partial charge is 0.0111 e. The molecule has 0 aliphatic rings. The van der Waals surface area contributed by atoms with Gasteiger partial charge in [0.05, 0.1) is 0 Å². The summed E-state index contributed by atoms with van der Waals surface area (Å²) in [5.74, 6) is 0. The topological polar surface area (TPSA) is 0 Å². The minimum Gasteiger partial charge on any atom is -0.103 e. The lowest BCUT2D eigenvalue weighted by Crippen LogP contribution is -1.84. The lowest BCUT2D eigenvalue weighted by atomic mass is 10.0. The van der Waals surface area contributed by atoms with Crippen LogP contribution in [-0.2, 0) is 0 Å². The summed E-state index contributed by atoms with van der Waals surface area (Å²) in [6.45, 7) is 14.8. The zero-order valence-corrected chi connectivity index (χ0v) is 12.3. The van der Waals surface area contributed by atoms with E-state index in [1.165, 1.54) is 22.3 Å². The van der Waals surface area contributed by atoms with Crippen LogP contribution in [-0.4, -0.2) is 0 Å². The fraction of sp³-hybridized carbons (Fsp3) is 0.529. The van der Waals surface area contributed by atoms with Crippen LogP contribution < -0.4 is 0 Å². The van der Waals surface area contributed by atoms with Crippen molar-refractivity contribution in [1.29, 1.82) is 0 Å². The highest BCUT2D eigenvalue weighted by Gasteiger charge is 1.95. The van der Waals surface area contributed by atoms with E-state index in [2.05, 4.69) is 53.3 Å². The summed E-state index contributed by atoms with van der Waals surface area (Å²) >= 11 is 0. The quantitative estimate of drug-likeness (QED) is 0.374. The van der Waals surface area contributed by atoms with Crippen LogP contribution in [0.1, 0.15) is 60.3 Å². The fourth-order valence-corrected chi connectivity index (χ4v) is 1.53.